The van der Waals surface area contributed by atoms with Gasteiger partial charge in [0.05, 0.1) is 11.0 Å². The molecule has 1 aromatic carbocycles. The van der Waals surface area contributed by atoms with Gasteiger partial charge in [0.15, 0.2) is 0 Å². The highest BCUT2D eigenvalue weighted by Crippen LogP contribution is 2.17. The number of hydrogen-bond donors (Lipinski definition) is 2. The third kappa shape index (κ3) is 5.32. The average Bonchev–Trinajstić information content (AvgIpc) is 2.36. The molecule has 0 aliphatic heterocycles. The Morgan fingerprint density at radius 2 is 2.00 bits per heavy atom. The molecular weight excluding hydrogens is 298 g/mol. The maximum atomic E-state index is 12.2. The summed E-state index contributed by atoms with van der Waals surface area (Å²) in [7, 11) is -4.56. The van der Waals surface area contributed by atoms with Gasteiger partial charge < -0.3 is 5.11 Å². The van der Waals surface area contributed by atoms with E-state index < -0.39 is 26.9 Å². The fraction of sp³-hybridized carbons (Fsp3) is 0.538. The van der Waals surface area contributed by atoms with Crippen molar-refractivity contribution in [3.05, 3.63) is 29.8 Å². The maximum Gasteiger partial charge on any atom is 0.240 e. The van der Waals surface area contributed by atoms with Crippen LogP contribution in [0.25, 0.3) is 0 Å². The van der Waals surface area contributed by atoms with Crippen molar-refractivity contribution >= 4 is 20.8 Å². The summed E-state index contributed by atoms with van der Waals surface area (Å²) >= 11 is 0. The summed E-state index contributed by atoms with van der Waals surface area (Å²) in [6.45, 7) is 3.32. The molecule has 20 heavy (non-hydrogen) atoms. The smallest absolute Gasteiger partial charge is 0.240 e. The molecule has 1 aromatic rings. The van der Waals surface area contributed by atoms with E-state index in [9.17, 15) is 17.7 Å². The molecule has 0 fully saturated rings. The van der Waals surface area contributed by atoms with Gasteiger partial charge in [0.1, 0.15) is 0 Å². The Hall–Kier alpha value is -0.760. The molecule has 0 bridgehead atoms. The van der Waals surface area contributed by atoms with Gasteiger partial charge in [-0.3, -0.25) is 4.21 Å². The lowest BCUT2D eigenvalue weighted by atomic mass is 10.1. The van der Waals surface area contributed by atoms with Crippen molar-refractivity contribution in [2.45, 2.75) is 37.3 Å². The topological polar surface area (TPSA) is 83.5 Å². The van der Waals surface area contributed by atoms with Crippen molar-refractivity contribution < 1.29 is 17.7 Å². The highest BCUT2D eigenvalue weighted by atomic mass is 32.2. The van der Waals surface area contributed by atoms with Gasteiger partial charge in [0, 0.05) is 28.9 Å². The van der Waals surface area contributed by atoms with Crippen LogP contribution in [0.3, 0.4) is 0 Å². The Morgan fingerprint density at radius 3 is 2.55 bits per heavy atom. The maximum absolute atomic E-state index is 12.2. The minimum atomic E-state index is -3.62. The first-order valence-electron chi connectivity index (χ1n) is 6.33. The Bertz CT molecular complexity index is 569. The Morgan fingerprint density at radius 1 is 1.35 bits per heavy atom. The van der Waals surface area contributed by atoms with Gasteiger partial charge in [0.2, 0.25) is 10.0 Å². The van der Waals surface area contributed by atoms with Gasteiger partial charge in [0.25, 0.3) is 0 Å². The van der Waals surface area contributed by atoms with Crippen LogP contribution in [-0.2, 0) is 20.8 Å². The lowest BCUT2D eigenvalue weighted by Crippen LogP contribution is -2.33. The normalized spacial score (nSPS) is 16.6. The first-order chi connectivity index (χ1) is 9.22. The minimum Gasteiger partial charge on any atom is -0.389 e. The summed E-state index contributed by atoms with van der Waals surface area (Å²) in [4.78, 5) is 0.125. The zero-order valence-electron chi connectivity index (χ0n) is 11.9. The second-order valence-electron chi connectivity index (χ2n) is 4.84. The van der Waals surface area contributed by atoms with Crippen LogP contribution in [0.2, 0.25) is 0 Å². The summed E-state index contributed by atoms with van der Waals surface area (Å²) in [5, 5.41) is 9.49. The molecule has 3 unspecified atom stereocenters. The molecule has 114 valence electrons. The van der Waals surface area contributed by atoms with E-state index in [1.54, 1.807) is 32.2 Å². The zero-order valence-corrected chi connectivity index (χ0v) is 13.5. The third-order valence-corrected chi connectivity index (χ3v) is 5.24. The lowest BCUT2D eigenvalue weighted by Gasteiger charge is -2.14. The fourth-order valence-electron chi connectivity index (χ4n) is 1.68. The van der Waals surface area contributed by atoms with E-state index in [-0.39, 0.29) is 10.9 Å². The fourth-order valence-corrected chi connectivity index (χ4v) is 3.69. The van der Waals surface area contributed by atoms with Crippen LogP contribution < -0.4 is 4.72 Å². The summed E-state index contributed by atoms with van der Waals surface area (Å²) in [5.74, 6) is 0.456. The van der Waals surface area contributed by atoms with E-state index in [4.69, 9.17) is 0 Å². The molecule has 0 saturated carbocycles. The van der Waals surface area contributed by atoms with Crippen LogP contribution in [0.1, 0.15) is 31.9 Å². The zero-order chi connectivity index (χ0) is 15.3. The van der Waals surface area contributed by atoms with Crippen molar-refractivity contribution in [2.75, 3.05) is 12.0 Å². The molecule has 0 aliphatic carbocycles. The van der Waals surface area contributed by atoms with Crippen LogP contribution in [0.4, 0.5) is 0 Å². The Balaban J connectivity index is 2.83. The van der Waals surface area contributed by atoms with Gasteiger partial charge in [-0.2, -0.15) is 0 Å². The number of sulfonamides is 1. The Labute approximate surface area is 122 Å². The average molecular weight is 319 g/mol. The standard InChI is InChI=1S/C13H21NO4S2/c1-10(7-8-19(3)16)14-20(17,18)13-6-4-5-12(9-13)11(2)15/h4-6,9-11,14-15H,7-8H2,1-3H3. The molecule has 0 amide bonds. The number of benzene rings is 1. The summed E-state index contributed by atoms with van der Waals surface area (Å²) in [6, 6.07) is 5.92. The highest BCUT2D eigenvalue weighted by molar-refractivity contribution is 7.89. The molecule has 0 aliphatic rings. The molecule has 3 atom stereocenters. The van der Waals surface area contributed by atoms with E-state index in [1.165, 1.54) is 12.1 Å². The van der Waals surface area contributed by atoms with Gasteiger partial charge in [-0.15, -0.1) is 0 Å². The third-order valence-electron chi connectivity index (χ3n) is 2.85. The molecule has 0 heterocycles. The van der Waals surface area contributed by atoms with Crippen LogP contribution in [0.15, 0.2) is 29.2 Å². The first kappa shape index (κ1) is 17.3. The lowest BCUT2D eigenvalue weighted by molar-refractivity contribution is 0.199. The van der Waals surface area contributed by atoms with Crippen LogP contribution in [0, 0.1) is 0 Å². The second kappa shape index (κ2) is 7.31. The quantitative estimate of drug-likeness (QED) is 0.790. The van der Waals surface area contributed by atoms with Crippen LogP contribution in [-0.4, -0.2) is 35.8 Å². The largest absolute Gasteiger partial charge is 0.389 e. The number of aliphatic hydroxyl groups is 1. The predicted octanol–water partition coefficient (Wildman–Crippen LogP) is 1.18. The Kier molecular flexibility index (Phi) is 6.32. The van der Waals surface area contributed by atoms with Crippen molar-refractivity contribution in [2.24, 2.45) is 0 Å². The van der Waals surface area contributed by atoms with E-state index >= 15 is 0 Å². The number of nitrogens with one attached hydrogen (secondary N) is 1. The SMILES string of the molecule is CC(CCS(C)=O)NS(=O)(=O)c1cccc(C(C)O)c1. The minimum absolute atomic E-state index is 0.125. The van der Waals surface area contributed by atoms with Crippen LogP contribution in [0.5, 0.6) is 0 Å². The van der Waals surface area contributed by atoms with E-state index in [0.29, 0.717) is 17.7 Å². The van der Waals surface area contributed by atoms with Gasteiger partial charge in [-0.25, -0.2) is 13.1 Å². The number of aliphatic hydroxyl groups excluding tert-OH is 1. The summed E-state index contributed by atoms with van der Waals surface area (Å²) in [6.07, 6.45) is 1.39. The summed E-state index contributed by atoms with van der Waals surface area (Å²) < 4.78 is 37.9. The van der Waals surface area contributed by atoms with Crippen LogP contribution >= 0.6 is 0 Å². The molecule has 5 nitrogen and oxygen atoms in total. The molecule has 7 heteroatoms. The molecule has 0 spiro atoms. The first-order valence-corrected chi connectivity index (χ1v) is 9.54. The molecule has 2 N–H and O–H groups in total. The van der Waals surface area contributed by atoms with Crippen molar-refractivity contribution in [1.29, 1.82) is 0 Å². The van der Waals surface area contributed by atoms with Crippen molar-refractivity contribution in [1.82, 2.24) is 4.72 Å². The predicted molar refractivity (Wildman–Crippen MR) is 80.4 cm³/mol. The summed E-state index contributed by atoms with van der Waals surface area (Å²) in [5.41, 5.74) is 0.551. The molecular formula is C13H21NO4S2. The molecule has 0 radical (unpaired) electrons. The van der Waals surface area contributed by atoms with Gasteiger partial charge in [-0.05, 0) is 38.0 Å². The monoisotopic (exact) mass is 319 g/mol. The number of hydrogen-bond acceptors (Lipinski definition) is 4. The van der Waals surface area contributed by atoms with Crippen molar-refractivity contribution in [3.8, 4) is 0 Å². The van der Waals surface area contributed by atoms with E-state index in [2.05, 4.69) is 4.72 Å². The van der Waals surface area contributed by atoms with Gasteiger partial charge >= 0.3 is 0 Å². The van der Waals surface area contributed by atoms with Gasteiger partial charge in [-0.1, -0.05) is 12.1 Å². The highest BCUT2D eigenvalue weighted by Gasteiger charge is 2.18. The second-order valence-corrected chi connectivity index (χ2v) is 8.11. The number of rotatable bonds is 7. The van der Waals surface area contributed by atoms with E-state index in [0.717, 1.165) is 0 Å². The molecule has 1 rings (SSSR count). The molecule has 0 saturated heterocycles. The van der Waals surface area contributed by atoms with E-state index in [1.807, 2.05) is 0 Å². The molecule has 0 aromatic heterocycles. The van der Waals surface area contributed by atoms with Crippen molar-refractivity contribution in [3.63, 3.8) is 0 Å².